The second-order valence-electron chi connectivity index (χ2n) is 7.19. The highest BCUT2D eigenvalue weighted by atomic mass is 19.3. The molecule has 1 aromatic heterocycles. The number of ether oxygens (including phenoxy) is 1. The van der Waals surface area contributed by atoms with E-state index in [1.165, 1.54) is 31.7 Å². The van der Waals surface area contributed by atoms with Gasteiger partial charge in [-0.25, -0.2) is 4.98 Å². The lowest BCUT2D eigenvalue weighted by Gasteiger charge is -2.21. The van der Waals surface area contributed by atoms with E-state index in [-0.39, 0.29) is 5.75 Å². The van der Waals surface area contributed by atoms with E-state index >= 15 is 0 Å². The Hall–Kier alpha value is -2.90. The molecule has 0 spiro atoms. The topological polar surface area (TPSA) is 61.8 Å². The monoisotopic (exact) mass is 417 g/mol. The Morgan fingerprint density at radius 1 is 1.07 bits per heavy atom. The number of nitrogens with one attached hydrogen (secondary N) is 2. The van der Waals surface area contributed by atoms with Gasteiger partial charge in [-0.05, 0) is 30.5 Å². The van der Waals surface area contributed by atoms with E-state index in [9.17, 15) is 8.78 Å². The molecule has 1 aliphatic heterocycles. The van der Waals surface area contributed by atoms with Crippen molar-refractivity contribution in [2.75, 3.05) is 25.0 Å². The number of pyridine rings is 1. The molecule has 2 heterocycles. The third-order valence-electron chi connectivity index (χ3n) is 5.06. The molecule has 0 saturated carbocycles. The van der Waals surface area contributed by atoms with Gasteiger partial charge in [-0.1, -0.05) is 37.1 Å². The molecule has 1 aromatic carbocycles. The average Bonchev–Trinajstić information content (AvgIpc) is 3.04. The van der Waals surface area contributed by atoms with Crippen molar-refractivity contribution in [3.8, 4) is 5.75 Å². The van der Waals surface area contributed by atoms with Crippen molar-refractivity contribution in [3.63, 3.8) is 0 Å². The molecule has 2 aromatic rings. The number of rotatable bonds is 7. The third-order valence-corrected chi connectivity index (χ3v) is 5.06. The van der Waals surface area contributed by atoms with Crippen molar-refractivity contribution < 1.29 is 13.5 Å². The Morgan fingerprint density at radius 3 is 2.47 bits per heavy atom. The van der Waals surface area contributed by atoms with Gasteiger partial charge in [-0.15, -0.1) is 0 Å². The van der Waals surface area contributed by atoms with Crippen LogP contribution in [0.25, 0.3) is 0 Å². The summed E-state index contributed by atoms with van der Waals surface area (Å²) in [4.78, 5) is 11.2. The van der Waals surface area contributed by atoms with Crippen molar-refractivity contribution in [2.24, 2.45) is 4.99 Å². The lowest BCUT2D eigenvalue weighted by Crippen LogP contribution is -2.36. The second-order valence-corrected chi connectivity index (χ2v) is 7.19. The number of para-hydroxylation sites is 1. The molecule has 1 saturated heterocycles. The van der Waals surface area contributed by atoms with E-state index in [1.54, 1.807) is 25.2 Å². The van der Waals surface area contributed by atoms with E-state index < -0.39 is 6.61 Å². The van der Waals surface area contributed by atoms with E-state index in [0.29, 0.717) is 24.6 Å². The van der Waals surface area contributed by atoms with Gasteiger partial charge in [0.15, 0.2) is 5.96 Å². The minimum absolute atomic E-state index is 0.156. The van der Waals surface area contributed by atoms with E-state index in [2.05, 4.69) is 42.4 Å². The summed E-state index contributed by atoms with van der Waals surface area (Å²) >= 11 is 0. The van der Waals surface area contributed by atoms with Crippen LogP contribution in [-0.2, 0) is 13.1 Å². The minimum Gasteiger partial charge on any atom is -0.434 e. The van der Waals surface area contributed by atoms with Gasteiger partial charge in [0.1, 0.15) is 11.6 Å². The molecule has 0 amide bonds. The molecule has 1 aliphatic rings. The normalized spacial score (nSPS) is 15.1. The van der Waals surface area contributed by atoms with Gasteiger partial charge in [0.05, 0.1) is 0 Å². The van der Waals surface area contributed by atoms with Crippen LogP contribution in [0.4, 0.5) is 14.6 Å². The number of nitrogens with zero attached hydrogens (tertiary/aromatic N) is 3. The van der Waals surface area contributed by atoms with Crippen LogP contribution in [0.5, 0.6) is 5.75 Å². The Balaban J connectivity index is 1.51. The second kappa shape index (κ2) is 11.3. The summed E-state index contributed by atoms with van der Waals surface area (Å²) in [6.45, 7) is 0.153. The van der Waals surface area contributed by atoms with Crippen molar-refractivity contribution in [1.29, 1.82) is 0 Å². The smallest absolute Gasteiger partial charge is 0.387 e. The Labute approximate surface area is 176 Å². The maximum atomic E-state index is 12.6. The number of anilines is 1. The summed E-state index contributed by atoms with van der Waals surface area (Å²) in [6.07, 6.45) is 6.91. The summed E-state index contributed by atoms with van der Waals surface area (Å²) in [5.74, 6) is 1.75. The zero-order chi connectivity index (χ0) is 21.2. The Kier molecular flexibility index (Phi) is 8.23. The zero-order valence-corrected chi connectivity index (χ0v) is 17.3. The lowest BCUT2D eigenvalue weighted by molar-refractivity contribution is -0.0504. The molecule has 162 valence electrons. The highest BCUT2D eigenvalue weighted by molar-refractivity contribution is 5.79. The van der Waals surface area contributed by atoms with Crippen LogP contribution in [0.3, 0.4) is 0 Å². The van der Waals surface area contributed by atoms with Gasteiger partial charge in [0.2, 0.25) is 0 Å². The SMILES string of the molecule is CN=C(NCc1ccc(N2CCCCCC2)nc1)NCc1ccccc1OC(F)F. The Bertz CT molecular complexity index is 805. The summed E-state index contributed by atoms with van der Waals surface area (Å²) in [6, 6.07) is 10.8. The number of aliphatic imine (C=N–C) groups is 1. The molecule has 2 N–H and O–H groups in total. The first-order chi connectivity index (χ1) is 14.7. The van der Waals surface area contributed by atoms with Crippen LogP contribution in [0, 0.1) is 0 Å². The summed E-state index contributed by atoms with van der Waals surface area (Å²) < 4.78 is 29.7. The molecule has 0 radical (unpaired) electrons. The molecule has 3 rings (SSSR count). The van der Waals surface area contributed by atoms with Gasteiger partial charge < -0.3 is 20.3 Å². The first-order valence-corrected chi connectivity index (χ1v) is 10.3. The standard InChI is InChI=1S/C22H29F2N5O/c1-25-22(28-16-18-8-4-5-9-19(18)30-21(23)24)27-15-17-10-11-20(26-14-17)29-12-6-2-3-7-13-29/h4-5,8-11,14,21H,2-3,6-7,12-13,15-16H2,1H3,(H2,25,27,28). The van der Waals surface area contributed by atoms with Gasteiger partial charge >= 0.3 is 6.61 Å². The zero-order valence-electron chi connectivity index (χ0n) is 17.3. The summed E-state index contributed by atoms with van der Waals surface area (Å²) in [7, 11) is 1.66. The molecule has 1 fully saturated rings. The van der Waals surface area contributed by atoms with Crippen LogP contribution >= 0.6 is 0 Å². The molecular weight excluding hydrogens is 388 g/mol. The largest absolute Gasteiger partial charge is 0.434 e. The van der Waals surface area contributed by atoms with Gasteiger partial charge in [-0.2, -0.15) is 8.78 Å². The van der Waals surface area contributed by atoms with Gasteiger partial charge in [-0.3, -0.25) is 4.99 Å². The first kappa shape index (κ1) is 21.8. The number of aromatic nitrogens is 1. The Morgan fingerprint density at radius 2 is 1.80 bits per heavy atom. The number of hydrogen-bond acceptors (Lipinski definition) is 4. The molecule has 0 aliphatic carbocycles. The predicted octanol–water partition coefficient (Wildman–Crippen LogP) is 3.93. The van der Waals surface area contributed by atoms with Crippen LogP contribution in [0.15, 0.2) is 47.6 Å². The number of hydrogen-bond donors (Lipinski definition) is 2. The fourth-order valence-corrected chi connectivity index (χ4v) is 3.45. The maximum Gasteiger partial charge on any atom is 0.387 e. The van der Waals surface area contributed by atoms with Crippen LogP contribution in [0.2, 0.25) is 0 Å². The molecular formula is C22H29F2N5O. The highest BCUT2D eigenvalue weighted by Gasteiger charge is 2.11. The predicted molar refractivity (Wildman–Crippen MR) is 115 cm³/mol. The van der Waals surface area contributed by atoms with Gasteiger partial charge in [0.25, 0.3) is 0 Å². The van der Waals surface area contributed by atoms with Crippen molar-refractivity contribution in [2.45, 2.75) is 45.4 Å². The fraction of sp³-hybridized carbons (Fsp3) is 0.455. The molecule has 6 nitrogen and oxygen atoms in total. The van der Waals surface area contributed by atoms with Crippen LogP contribution in [0.1, 0.15) is 36.8 Å². The van der Waals surface area contributed by atoms with Crippen LogP contribution < -0.4 is 20.3 Å². The van der Waals surface area contributed by atoms with E-state index in [0.717, 1.165) is 24.5 Å². The van der Waals surface area contributed by atoms with Crippen molar-refractivity contribution >= 4 is 11.8 Å². The average molecular weight is 418 g/mol. The van der Waals surface area contributed by atoms with Gasteiger partial charge in [0, 0.05) is 45.0 Å². The number of halogens is 2. The van der Waals surface area contributed by atoms with Crippen molar-refractivity contribution in [3.05, 3.63) is 53.7 Å². The fourth-order valence-electron chi connectivity index (χ4n) is 3.45. The highest BCUT2D eigenvalue weighted by Crippen LogP contribution is 2.20. The number of benzene rings is 1. The number of guanidine groups is 1. The third kappa shape index (κ3) is 6.57. The molecule has 0 unspecified atom stereocenters. The summed E-state index contributed by atoms with van der Waals surface area (Å²) in [5.41, 5.74) is 1.67. The van der Waals surface area contributed by atoms with Crippen molar-refractivity contribution in [1.82, 2.24) is 15.6 Å². The summed E-state index contributed by atoms with van der Waals surface area (Å²) in [5, 5.41) is 6.35. The lowest BCUT2D eigenvalue weighted by atomic mass is 10.2. The van der Waals surface area contributed by atoms with E-state index in [1.807, 2.05) is 6.20 Å². The molecule has 8 heteroatoms. The van der Waals surface area contributed by atoms with E-state index in [4.69, 9.17) is 0 Å². The quantitative estimate of drug-likeness (QED) is 0.528. The molecule has 30 heavy (non-hydrogen) atoms. The minimum atomic E-state index is -2.85. The molecule has 0 atom stereocenters. The van der Waals surface area contributed by atoms with Crippen LogP contribution in [-0.4, -0.2) is 37.7 Å². The maximum absolute atomic E-state index is 12.6. The number of alkyl halides is 2. The molecule has 0 bridgehead atoms. The first-order valence-electron chi connectivity index (χ1n) is 10.3.